The summed E-state index contributed by atoms with van der Waals surface area (Å²) in [6, 6.07) is 12.7. The quantitative estimate of drug-likeness (QED) is 0.392. The van der Waals surface area contributed by atoms with Crippen LogP contribution < -0.4 is 11.2 Å². The maximum absolute atomic E-state index is 11.7. The third-order valence-electron chi connectivity index (χ3n) is 5.43. The number of rotatable bonds is 5. The highest BCUT2D eigenvalue weighted by Gasteiger charge is 2.27. The zero-order valence-electron chi connectivity index (χ0n) is 15.9. The molecule has 150 valence electrons. The molecule has 8 nitrogen and oxygen atoms in total. The van der Waals surface area contributed by atoms with E-state index < -0.39 is 11.8 Å². The zero-order valence-corrected chi connectivity index (χ0v) is 15.9. The van der Waals surface area contributed by atoms with Crippen LogP contribution in [0.1, 0.15) is 57.4 Å². The lowest BCUT2D eigenvalue weighted by atomic mass is 10.0. The van der Waals surface area contributed by atoms with Crippen LogP contribution in [-0.2, 0) is 6.54 Å². The maximum Gasteiger partial charge on any atom is 0.274 e. The SMILES string of the molecule is NC(=O)c1cccc2[nH]c([C@@H]3CCCCN3Cc3ccc(C(=O)NO)cc3)nc12. The Morgan fingerprint density at radius 2 is 2.00 bits per heavy atom. The number of hydrogen-bond donors (Lipinski definition) is 4. The Labute approximate surface area is 167 Å². The Morgan fingerprint density at radius 1 is 1.21 bits per heavy atom. The van der Waals surface area contributed by atoms with Gasteiger partial charge in [-0.25, -0.2) is 10.5 Å². The number of primary amides is 1. The van der Waals surface area contributed by atoms with Gasteiger partial charge in [-0.2, -0.15) is 0 Å². The van der Waals surface area contributed by atoms with Gasteiger partial charge in [0.05, 0.1) is 17.1 Å². The Balaban J connectivity index is 1.59. The second kappa shape index (κ2) is 8.02. The predicted octanol–water partition coefficient (Wildman–Crippen LogP) is 2.51. The van der Waals surface area contributed by atoms with E-state index in [1.54, 1.807) is 29.7 Å². The third kappa shape index (κ3) is 3.85. The molecule has 1 saturated heterocycles. The molecule has 2 heterocycles. The Bertz CT molecular complexity index is 1040. The van der Waals surface area contributed by atoms with Gasteiger partial charge in [0.1, 0.15) is 11.3 Å². The lowest BCUT2D eigenvalue weighted by molar-refractivity contribution is 0.0706. The summed E-state index contributed by atoms with van der Waals surface area (Å²) in [5, 5.41) is 8.75. The Morgan fingerprint density at radius 3 is 2.72 bits per heavy atom. The molecule has 1 atom stereocenters. The number of piperidine rings is 1. The molecule has 5 N–H and O–H groups in total. The monoisotopic (exact) mass is 393 g/mol. The van der Waals surface area contributed by atoms with Gasteiger partial charge in [-0.05, 0) is 49.2 Å². The van der Waals surface area contributed by atoms with Crippen LogP contribution in [0.3, 0.4) is 0 Å². The number of carbonyl (C=O) groups is 2. The molecule has 0 bridgehead atoms. The molecule has 29 heavy (non-hydrogen) atoms. The van der Waals surface area contributed by atoms with Gasteiger partial charge in [-0.3, -0.25) is 19.7 Å². The molecule has 4 rings (SSSR count). The van der Waals surface area contributed by atoms with Crippen molar-refractivity contribution in [2.45, 2.75) is 31.8 Å². The summed E-state index contributed by atoms with van der Waals surface area (Å²) in [6.45, 7) is 1.65. The Kier molecular flexibility index (Phi) is 5.28. The van der Waals surface area contributed by atoms with Crippen molar-refractivity contribution in [1.29, 1.82) is 0 Å². The standard InChI is InChI=1S/C21H23N5O3/c22-19(27)15-4-3-5-16-18(15)24-20(23-16)17-6-1-2-11-26(17)12-13-7-9-14(10-8-13)21(28)25-29/h3-5,7-10,17,29H,1-2,6,11-12H2,(H2,22,27)(H,23,24)(H,25,28)/t17-/m0/s1. The van der Waals surface area contributed by atoms with E-state index in [9.17, 15) is 9.59 Å². The van der Waals surface area contributed by atoms with Gasteiger partial charge < -0.3 is 10.7 Å². The summed E-state index contributed by atoms with van der Waals surface area (Å²) < 4.78 is 0. The average Bonchev–Trinajstić information content (AvgIpc) is 3.18. The largest absolute Gasteiger partial charge is 0.366 e. The first kappa shape index (κ1) is 19.1. The minimum Gasteiger partial charge on any atom is -0.366 e. The Hall–Kier alpha value is -3.23. The number of amides is 2. The molecule has 8 heteroatoms. The number of nitrogens with zero attached hydrogens (tertiary/aromatic N) is 2. The average molecular weight is 393 g/mol. The van der Waals surface area contributed by atoms with Crippen molar-refractivity contribution < 1.29 is 14.8 Å². The highest BCUT2D eigenvalue weighted by Crippen LogP contribution is 2.32. The number of likely N-dealkylation sites (tertiary alicyclic amines) is 1. The highest BCUT2D eigenvalue weighted by atomic mass is 16.5. The van der Waals surface area contributed by atoms with Gasteiger partial charge in [0.25, 0.3) is 11.8 Å². The molecular formula is C21H23N5O3. The number of fused-ring (bicyclic) bond motifs is 1. The fourth-order valence-electron chi connectivity index (χ4n) is 3.96. The molecular weight excluding hydrogens is 370 g/mol. The predicted molar refractivity (Wildman–Crippen MR) is 107 cm³/mol. The van der Waals surface area contributed by atoms with Gasteiger partial charge >= 0.3 is 0 Å². The van der Waals surface area contributed by atoms with Crippen molar-refractivity contribution in [2.24, 2.45) is 5.73 Å². The topological polar surface area (TPSA) is 124 Å². The first-order valence-corrected chi connectivity index (χ1v) is 9.62. The van der Waals surface area contributed by atoms with Crippen molar-refractivity contribution in [3.8, 4) is 0 Å². The number of nitrogens with one attached hydrogen (secondary N) is 2. The molecule has 0 unspecified atom stereocenters. The van der Waals surface area contributed by atoms with E-state index in [0.717, 1.165) is 42.7 Å². The number of aromatic nitrogens is 2. The van der Waals surface area contributed by atoms with Crippen LogP contribution in [0.5, 0.6) is 0 Å². The smallest absolute Gasteiger partial charge is 0.274 e. The minimum absolute atomic E-state index is 0.109. The first-order chi connectivity index (χ1) is 14.1. The lowest BCUT2D eigenvalue weighted by Gasteiger charge is -2.34. The van der Waals surface area contributed by atoms with Crippen LogP contribution in [0.25, 0.3) is 11.0 Å². The number of hydroxylamine groups is 1. The lowest BCUT2D eigenvalue weighted by Crippen LogP contribution is -2.33. The van der Waals surface area contributed by atoms with Crippen LogP contribution in [0, 0.1) is 0 Å². The van der Waals surface area contributed by atoms with Crippen LogP contribution in [0.2, 0.25) is 0 Å². The van der Waals surface area contributed by atoms with Crippen LogP contribution in [0.15, 0.2) is 42.5 Å². The highest BCUT2D eigenvalue weighted by molar-refractivity contribution is 6.04. The molecule has 2 amide bonds. The molecule has 0 aliphatic carbocycles. The fourth-order valence-corrected chi connectivity index (χ4v) is 3.96. The van der Waals surface area contributed by atoms with Gasteiger partial charge in [-0.15, -0.1) is 0 Å². The summed E-state index contributed by atoms with van der Waals surface area (Å²) in [7, 11) is 0. The summed E-state index contributed by atoms with van der Waals surface area (Å²) >= 11 is 0. The maximum atomic E-state index is 11.7. The molecule has 0 saturated carbocycles. The first-order valence-electron chi connectivity index (χ1n) is 9.62. The summed E-state index contributed by atoms with van der Waals surface area (Å²) in [4.78, 5) is 33.7. The van der Waals surface area contributed by atoms with Crippen LogP contribution in [0.4, 0.5) is 0 Å². The number of carbonyl (C=O) groups excluding carboxylic acids is 2. The number of hydrogen-bond acceptors (Lipinski definition) is 5. The third-order valence-corrected chi connectivity index (χ3v) is 5.43. The van der Waals surface area contributed by atoms with Crippen molar-refractivity contribution >= 4 is 22.8 Å². The number of benzene rings is 2. The number of imidazole rings is 1. The molecule has 1 aliphatic heterocycles. The summed E-state index contributed by atoms with van der Waals surface area (Å²) in [6.07, 6.45) is 3.18. The number of para-hydroxylation sites is 1. The second-order valence-electron chi connectivity index (χ2n) is 7.31. The molecule has 1 aromatic heterocycles. The van der Waals surface area contributed by atoms with E-state index >= 15 is 0 Å². The van der Waals surface area contributed by atoms with Crippen molar-refractivity contribution in [3.05, 3.63) is 65.0 Å². The molecule has 1 fully saturated rings. The zero-order chi connectivity index (χ0) is 20.4. The molecule has 0 spiro atoms. The van der Waals surface area contributed by atoms with Gasteiger partial charge in [0.15, 0.2) is 0 Å². The normalized spacial score (nSPS) is 17.3. The summed E-state index contributed by atoms with van der Waals surface area (Å²) in [5.74, 6) is -0.175. The van der Waals surface area contributed by atoms with Crippen molar-refractivity contribution in [1.82, 2.24) is 20.3 Å². The van der Waals surface area contributed by atoms with Gasteiger partial charge in [0.2, 0.25) is 0 Å². The van der Waals surface area contributed by atoms with Gasteiger partial charge in [-0.1, -0.05) is 24.6 Å². The van der Waals surface area contributed by atoms with E-state index in [-0.39, 0.29) is 6.04 Å². The van der Waals surface area contributed by atoms with Gasteiger partial charge in [0, 0.05) is 12.1 Å². The number of nitrogens with two attached hydrogens (primary N) is 1. The second-order valence-corrected chi connectivity index (χ2v) is 7.31. The molecule has 1 aliphatic rings. The fraction of sp³-hybridized carbons (Fsp3) is 0.286. The van der Waals surface area contributed by atoms with Crippen LogP contribution in [-0.4, -0.2) is 38.4 Å². The molecule has 2 aromatic carbocycles. The van der Waals surface area contributed by atoms with E-state index in [1.165, 1.54) is 0 Å². The minimum atomic E-state index is -0.528. The van der Waals surface area contributed by atoms with E-state index in [4.69, 9.17) is 15.9 Å². The molecule has 0 radical (unpaired) electrons. The molecule has 3 aromatic rings. The van der Waals surface area contributed by atoms with E-state index in [1.807, 2.05) is 18.2 Å². The van der Waals surface area contributed by atoms with E-state index in [2.05, 4.69) is 9.88 Å². The van der Waals surface area contributed by atoms with E-state index in [0.29, 0.717) is 23.2 Å². The van der Waals surface area contributed by atoms with Crippen molar-refractivity contribution in [3.63, 3.8) is 0 Å². The summed E-state index contributed by atoms with van der Waals surface area (Å²) in [5.41, 5.74) is 10.4. The number of aromatic amines is 1. The number of H-pyrrole nitrogens is 1. The van der Waals surface area contributed by atoms with Crippen LogP contribution >= 0.6 is 0 Å². The van der Waals surface area contributed by atoms with Crippen molar-refractivity contribution in [2.75, 3.05) is 6.54 Å².